The van der Waals surface area contributed by atoms with Crippen molar-refractivity contribution >= 4 is 10.0 Å². The lowest BCUT2D eigenvalue weighted by atomic mass is 9.82. The number of fused-ring (bicyclic) bond motifs is 2. The molecule has 3 rings (SSSR count). The fourth-order valence-electron chi connectivity index (χ4n) is 3.66. The van der Waals surface area contributed by atoms with E-state index in [-0.39, 0.29) is 5.54 Å². The number of benzene rings is 1. The topological polar surface area (TPSA) is 37.4 Å². The molecule has 104 valence electrons. The second-order valence-corrected chi connectivity index (χ2v) is 8.17. The standard InChI is InChI=1S/C15H21NO2S/c1-12-5-7-14(8-6-12)19(17,18)16-11-13-4-3-9-15(16,2)10-13/h5-8,13H,3-4,9-11H2,1-2H3. The fraction of sp³-hybridized carbons (Fsp3) is 0.600. The molecule has 0 N–H and O–H groups in total. The van der Waals surface area contributed by atoms with Crippen LogP contribution in [0.2, 0.25) is 0 Å². The minimum absolute atomic E-state index is 0.160. The van der Waals surface area contributed by atoms with Gasteiger partial charge in [0.1, 0.15) is 0 Å². The zero-order valence-corrected chi connectivity index (χ0v) is 12.4. The van der Waals surface area contributed by atoms with Crippen molar-refractivity contribution in [3.05, 3.63) is 29.8 Å². The maximum absolute atomic E-state index is 12.8. The minimum atomic E-state index is -3.33. The number of rotatable bonds is 2. The molecule has 0 spiro atoms. The van der Waals surface area contributed by atoms with E-state index in [1.54, 1.807) is 16.4 Å². The Balaban J connectivity index is 1.99. The van der Waals surface area contributed by atoms with E-state index in [0.717, 1.165) is 24.8 Å². The summed E-state index contributed by atoms with van der Waals surface area (Å²) in [5, 5.41) is 0. The van der Waals surface area contributed by atoms with Crippen molar-refractivity contribution in [2.45, 2.75) is 50.0 Å². The highest BCUT2D eigenvalue weighted by molar-refractivity contribution is 7.89. The van der Waals surface area contributed by atoms with Crippen molar-refractivity contribution in [2.24, 2.45) is 5.92 Å². The van der Waals surface area contributed by atoms with E-state index in [9.17, 15) is 8.42 Å². The lowest BCUT2D eigenvalue weighted by Gasteiger charge is -2.35. The van der Waals surface area contributed by atoms with Gasteiger partial charge in [-0.15, -0.1) is 0 Å². The molecule has 3 nitrogen and oxygen atoms in total. The number of hydrogen-bond acceptors (Lipinski definition) is 2. The van der Waals surface area contributed by atoms with E-state index in [0.29, 0.717) is 17.4 Å². The summed E-state index contributed by atoms with van der Waals surface area (Å²) in [7, 11) is -3.33. The van der Waals surface area contributed by atoms with Gasteiger partial charge in [0.2, 0.25) is 10.0 Å². The molecule has 2 bridgehead atoms. The molecule has 2 unspecified atom stereocenters. The van der Waals surface area contributed by atoms with Crippen molar-refractivity contribution in [2.75, 3.05) is 6.54 Å². The molecule has 1 aromatic rings. The number of hydrogen-bond donors (Lipinski definition) is 0. The monoisotopic (exact) mass is 279 g/mol. The first-order valence-electron chi connectivity index (χ1n) is 7.01. The summed E-state index contributed by atoms with van der Waals surface area (Å²) < 4.78 is 27.4. The van der Waals surface area contributed by atoms with E-state index in [1.165, 1.54) is 6.42 Å². The van der Waals surface area contributed by atoms with Crippen molar-refractivity contribution in [1.29, 1.82) is 0 Å². The van der Waals surface area contributed by atoms with Crippen molar-refractivity contribution in [1.82, 2.24) is 4.31 Å². The van der Waals surface area contributed by atoms with Gasteiger partial charge in [-0.2, -0.15) is 4.31 Å². The Labute approximate surface area is 115 Å². The molecule has 1 aromatic carbocycles. The molecule has 1 saturated heterocycles. The predicted octanol–water partition coefficient (Wildman–Crippen LogP) is 2.95. The second kappa shape index (κ2) is 4.32. The van der Waals surface area contributed by atoms with Gasteiger partial charge < -0.3 is 0 Å². The first-order chi connectivity index (χ1) is 8.92. The Kier molecular flexibility index (Phi) is 2.98. The van der Waals surface area contributed by atoms with Gasteiger partial charge in [0.25, 0.3) is 0 Å². The summed E-state index contributed by atoms with van der Waals surface area (Å²) in [4.78, 5) is 0.437. The van der Waals surface area contributed by atoms with Crippen LogP contribution in [0.3, 0.4) is 0 Å². The smallest absolute Gasteiger partial charge is 0.207 e. The maximum Gasteiger partial charge on any atom is 0.243 e. The quantitative estimate of drug-likeness (QED) is 0.834. The summed E-state index contributed by atoms with van der Waals surface area (Å²) in [5.41, 5.74) is 0.928. The van der Waals surface area contributed by atoms with Crippen LogP contribution in [0.5, 0.6) is 0 Å². The largest absolute Gasteiger partial charge is 0.243 e. The van der Waals surface area contributed by atoms with Crippen LogP contribution in [0, 0.1) is 12.8 Å². The molecule has 1 saturated carbocycles. The highest BCUT2D eigenvalue weighted by Crippen LogP contribution is 2.46. The molecule has 1 aliphatic heterocycles. The van der Waals surface area contributed by atoms with E-state index in [4.69, 9.17) is 0 Å². The molecule has 1 aliphatic carbocycles. The van der Waals surface area contributed by atoms with Crippen LogP contribution in [-0.2, 0) is 10.0 Å². The van der Waals surface area contributed by atoms with Gasteiger partial charge >= 0.3 is 0 Å². The molecule has 19 heavy (non-hydrogen) atoms. The zero-order valence-electron chi connectivity index (χ0n) is 11.6. The highest BCUT2D eigenvalue weighted by Gasteiger charge is 2.49. The van der Waals surface area contributed by atoms with E-state index < -0.39 is 10.0 Å². The van der Waals surface area contributed by atoms with Crippen LogP contribution in [0.1, 0.15) is 38.2 Å². The van der Waals surface area contributed by atoms with Gasteiger partial charge in [-0.3, -0.25) is 0 Å². The van der Waals surface area contributed by atoms with Crippen LogP contribution in [-0.4, -0.2) is 24.8 Å². The molecule has 2 aliphatic rings. The van der Waals surface area contributed by atoms with Crippen LogP contribution in [0.15, 0.2) is 29.2 Å². The summed E-state index contributed by atoms with van der Waals surface area (Å²) in [6.45, 7) is 4.78. The third-order valence-electron chi connectivity index (χ3n) is 4.69. The summed E-state index contributed by atoms with van der Waals surface area (Å²) in [5.74, 6) is 0.555. The number of nitrogens with zero attached hydrogens (tertiary/aromatic N) is 1. The molecule has 2 atom stereocenters. The normalized spacial score (nSPS) is 31.6. The fourth-order valence-corrected chi connectivity index (χ4v) is 5.55. The van der Waals surface area contributed by atoms with E-state index in [1.807, 2.05) is 19.1 Å². The lowest BCUT2D eigenvalue weighted by Crippen LogP contribution is -2.44. The number of aryl methyl sites for hydroxylation is 1. The Morgan fingerprint density at radius 3 is 2.58 bits per heavy atom. The molecule has 4 heteroatoms. The van der Waals surface area contributed by atoms with Crippen molar-refractivity contribution < 1.29 is 8.42 Å². The third kappa shape index (κ3) is 2.11. The molecule has 1 heterocycles. The SMILES string of the molecule is Cc1ccc(S(=O)(=O)N2CC3CCCC2(C)C3)cc1. The first-order valence-corrected chi connectivity index (χ1v) is 8.45. The van der Waals surface area contributed by atoms with Crippen LogP contribution in [0.4, 0.5) is 0 Å². The number of sulfonamides is 1. The zero-order chi connectivity index (χ0) is 13.7. The molecular formula is C15H21NO2S. The summed E-state index contributed by atoms with van der Waals surface area (Å²) in [6, 6.07) is 7.21. The van der Waals surface area contributed by atoms with Gasteiger partial charge in [0.05, 0.1) is 4.90 Å². The van der Waals surface area contributed by atoms with Crippen LogP contribution >= 0.6 is 0 Å². The maximum atomic E-state index is 12.8. The van der Waals surface area contributed by atoms with Crippen LogP contribution in [0.25, 0.3) is 0 Å². The summed E-state index contributed by atoms with van der Waals surface area (Å²) >= 11 is 0. The molecule has 2 fully saturated rings. The average Bonchev–Trinajstić information content (AvgIpc) is 2.60. The van der Waals surface area contributed by atoms with Crippen molar-refractivity contribution in [3.8, 4) is 0 Å². The Morgan fingerprint density at radius 1 is 1.26 bits per heavy atom. The Morgan fingerprint density at radius 2 is 1.95 bits per heavy atom. The van der Waals surface area contributed by atoms with Gasteiger partial charge in [-0.1, -0.05) is 24.1 Å². The van der Waals surface area contributed by atoms with Crippen molar-refractivity contribution in [3.63, 3.8) is 0 Å². The van der Waals surface area contributed by atoms with E-state index in [2.05, 4.69) is 6.92 Å². The highest BCUT2D eigenvalue weighted by atomic mass is 32.2. The van der Waals surface area contributed by atoms with Gasteiger partial charge in [-0.05, 0) is 51.2 Å². The lowest BCUT2D eigenvalue weighted by molar-refractivity contribution is 0.229. The molecule has 0 aromatic heterocycles. The van der Waals surface area contributed by atoms with Gasteiger partial charge in [0, 0.05) is 12.1 Å². The summed E-state index contributed by atoms with van der Waals surface area (Å²) in [6.07, 6.45) is 4.35. The molecule has 0 radical (unpaired) electrons. The van der Waals surface area contributed by atoms with E-state index >= 15 is 0 Å². The Bertz CT molecular complexity index is 579. The predicted molar refractivity (Wildman–Crippen MR) is 75.4 cm³/mol. The van der Waals surface area contributed by atoms with Crippen LogP contribution < -0.4 is 0 Å². The average molecular weight is 279 g/mol. The Hall–Kier alpha value is -0.870. The minimum Gasteiger partial charge on any atom is -0.207 e. The molecule has 0 amide bonds. The first kappa shape index (κ1) is 13.1. The van der Waals surface area contributed by atoms with Gasteiger partial charge in [-0.25, -0.2) is 8.42 Å². The second-order valence-electron chi connectivity index (χ2n) is 6.31. The van der Waals surface area contributed by atoms with Gasteiger partial charge in [0.15, 0.2) is 0 Å². The molecular weight excluding hydrogens is 258 g/mol. The third-order valence-corrected chi connectivity index (χ3v) is 6.73.